The molecule has 14 heavy (non-hydrogen) atoms. The summed E-state index contributed by atoms with van der Waals surface area (Å²) in [6, 6.07) is 10.1. The summed E-state index contributed by atoms with van der Waals surface area (Å²) in [4.78, 5) is 0. The van der Waals surface area contributed by atoms with Crippen LogP contribution in [0.5, 0.6) is 0 Å². The van der Waals surface area contributed by atoms with Crippen LogP contribution in [0.25, 0.3) is 0 Å². The molecular formula is C12H18O2. The topological polar surface area (TPSA) is 29.5 Å². The zero-order valence-electron chi connectivity index (χ0n) is 8.65. The molecule has 0 aliphatic rings. The van der Waals surface area contributed by atoms with E-state index in [1.54, 1.807) is 7.11 Å². The van der Waals surface area contributed by atoms with Crippen molar-refractivity contribution in [2.24, 2.45) is 0 Å². The maximum absolute atomic E-state index is 9.24. The monoisotopic (exact) mass is 194 g/mol. The molecule has 2 heteroatoms. The molecule has 1 rings (SSSR count). The van der Waals surface area contributed by atoms with Crippen LogP contribution in [0.4, 0.5) is 0 Å². The zero-order valence-corrected chi connectivity index (χ0v) is 8.65. The van der Waals surface area contributed by atoms with E-state index in [9.17, 15) is 5.11 Å². The molecule has 0 amide bonds. The molecule has 0 aliphatic heterocycles. The van der Waals surface area contributed by atoms with Crippen LogP contribution < -0.4 is 0 Å². The van der Waals surface area contributed by atoms with Crippen molar-refractivity contribution >= 4 is 0 Å². The van der Waals surface area contributed by atoms with Crippen molar-refractivity contribution in [1.29, 1.82) is 0 Å². The lowest BCUT2D eigenvalue weighted by Gasteiger charge is -2.13. The van der Waals surface area contributed by atoms with Crippen molar-refractivity contribution in [2.45, 2.75) is 18.8 Å². The highest BCUT2D eigenvalue weighted by Gasteiger charge is 2.08. The lowest BCUT2D eigenvalue weighted by atomic mass is 9.95. The van der Waals surface area contributed by atoms with Crippen molar-refractivity contribution in [3.63, 3.8) is 0 Å². The van der Waals surface area contributed by atoms with Crippen molar-refractivity contribution < 1.29 is 9.84 Å². The SMILES string of the molecule is COCCCC(CO)c1ccccc1. The number of ether oxygens (including phenoxy) is 1. The zero-order chi connectivity index (χ0) is 10.2. The minimum atomic E-state index is 0.216. The van der Waals surface area contributed by atoms with E-state index >= 15 is 0 Å². The Kier molecular flexibility index (Phi) is 5.27. The molecule has 1 N–H and O–H groups in total. The summed E-state index contributed by atoms with van der Waals surface area (Å²) < 4.78 is 4.99. The summed E-state index contributed by atoms with van der Waals surface area (Å²) in [7, 11) is 1.70. The van der Waals surface area contributed by atoms with Gasteiger partial charge in [-0.2, -0.15) is 0 Å². The molecule has 0 bridgehead atoms. The maximum atomic E-state index is 9.24. The summed E-state index contributed by atoms with van der Waals surface area (Å²) in [6.07, 6.45) is 1.98. The number of hydrogen-bond donors (Lipinski definition) is 1. The number of aliphatic hydroxyl groups is 1. The number of benzene rings is 1. The van der Waals surface area contributed by atoms with Gasteiger partial charge in [0.05, 0.1) is 0 Å². The van der Waals surface area contributed by atoms with Gasteiger partial charge in [0.2, 0.25) is 0 Å². The van der Waals surface area contributed by atoms with E-state index in [2.05, 4.69) is 12.1 Å². The number of rotatable bonds is 6. The predicted molar refractivity (Wildman–Crippen MR) is 57.4 cm³/mol. The van der Waals surface area contributed by atoms with Gasteiger partial charge in [-0.3, -0.25) is 0 Å². The molecule has 0 radical (unpaired) electrons. The molecular weight excluding hydrogens is 176 g/mol. The summed E-state index contributed by atoms with van der Waals surface area (Å²) in [6.45, 7) is 0.983. The first kappa shape index (κ1) is 11.2. The van der Waals surface area contributed by atoms with E-state index in [1.165, 1.54) is 5.56 Å². The Bertz CT molecular complexity index is 233. The molecule has 1 aromatic carbocycles. The third-order valence-corrected chi connectivity index (χ3v) is 2.39. The highest BCUT2D eigenvalue weighted by molar-refractivity contribution is 5.19. The fourth-order valence-corrected chi connectivity index (χ4v) is 1.56. The molecule has 78 valence electrons. The Balaban J connectivity index is 2.46. The van der Waals surface area contributed by atoms with Crippen LogP contribution in [0.1, 0.15) is 24.3 Å². The molecule has 1 unspecified atom stereocenters. The minimum Gasteiger partial charge on any atom is -0.396 e. The van der Waals surface area contributed by atoms with Crippen LogP contribution in [0.15, 0.2) is 30.3 Å². The lowest BCUT2D eigenvalue weighted by molar-refractivity contribution is 0.183. The fraction of sp³-hybridized carbons (Fsp3) is 0.500. The largest absolute Gasteiger partial charge is 0.396 e. The summed E-state index contributed by atoms with van der Waals surface area (Å²) in [5.41, 5.74) is 1.21. The van der Waals surface area contributed by atoms with Crippen molar-refractivity contribution in [1.82, 2.24) is 0 Å². The smallest absolute Gasteiger partial charge is 0.0499 e. The van der Waals surface area contributed by atoms with E-state index < -0.39 is 0 Å². The van der Waals surface area contributed by atoms with E-state index in [0.29, 0.717) is 0 Å². The standard InChI is InChI=1S/C12H18O2/c1-14-9-5-8-12(10-13)11-6-3-2-4-7-11/h2-4,6-7,12-13H,5,8-10H2,1H3. The quantitative estimate of drug-likeness (QED) is 0.703. The van der Waals surface area contributed by atoms with Crippen LogP contribution in [0, 0.1) is 0 Å². The first-order valence-corrected chi connectivity index (χ1v) is 5.03. The predicted octanol–water partition coefficient (Wildman–Crippen LogP) is 2.19. The van der Waals surface area contributed by atoms with Crippen molar-refractivity contribution in [3.05, 3.63) is 35.9 Å². The normalized spacial score (nSPS) is 12.7. The van der Waals surface area contributed by atoms with E-state index in [0.717, 1.165) is 19.4 Å². The molecule has 0 fully saturated rings. The first-order valence-electron chi connectivity index (χ1n) is 5.03. The van der Waals surface area contributed by atoms with Gasteiger partial charge < -0.3 is 9.84 Å². The van der Waals surface area contributed by atoms with Gasteiger partial charge in [0.1, 0.15) is 0 Å². The summed E-state index contributed by atoms with van der Waals surface area (Å²) in [5.74, 6) is 0.256. The van der Waals surface area contributed by atoms with Crippen LogP contribution in [0.3, 0.4) is 0 Å². The number of methoxy groups -OCH3 is 1. The van der Waals surface area contributed by atoms with E-state index in [1.807, 2.05) is 18.2 Å². The molecule has 0 saturated heterocycles. The second-order valence-corrected chi connectivity index (χ2v) is 3.43. The van der Waals surface area contributed by atoms with E-state index in [4.69, 9.17) is 4.74 Å². The van der Waals surface area contributed by atoms with Crippen LogP contribution in [-0.2, 0) is 4.74 Å². The minimum absolute atomic E-state index is 0.216. The molecule has 0 spiro atoms. The van der Waals surface area contributed by atoms with Crippen LogP contribution in [-0.4, -0.2) is 25.4 Å². The summed E-state index contributed by atoms with van der Waals surface area (Å²) in [5, 5.41) is 9.24. The highest BCUT2D eigenvalue weighted by atomic mass is 16.5. The molecule has 1 atom stereocenters. The molecule has 0 saturated carbocycles. The van der Waals surface area contributed by atoms with Gasteiger partial charge in [0.25, 0.3) is 0 Å². The Morgan fingerprint density at radius 1 is 1.29 bits per heavy atom. The molecule has 0 heterocycles. The van der Waals surface area contributed by atoms with Gasteiger partial charge in [-0.25, -0.2) is 0 Å². The summed E-state index contributed by atoms with van der Waals surface area (Å²) >= 11 is 0. The number of aliphatic hydroxyl groups excluding tert-OH is 1. The van der Waals surface area contributed by atoms with Gasteiger partial charge in [0.15, 0.2) is 0 Å². The Hall–Kier alpha value is -0.860. The second-order valence-electron chi connectivity index (χ2n) is 3.43. The molecule has 2 nitrogen and oxygen atoms in total. The third-order valence-electron chi connectivity index (χ3n) is 2.39. The fourth-order valence-electron chi connectivity index (χ4n) is 1.56. The average molecular weight is 194 g/mol. The Morgan fingerprint density at radius 3 is 2.57 bits per heavy atom. The molecule has 1 aromatic rings. The Labute approximate surface area is 85.5 Å². The van der Waals surface area contributed by atoms with Crippen molar-refractivity contribution in [3.8, 4) is 0 Å². The van der Waals surface area contributed by atoms with Gasteiger partial charge >= 0.3 is 0 Å². The lowest BCUT2D eigenvalue weighted by Crippen LogP contribution is -2.05. The maximum Gasteiger partial charge on any atom is 0.0499 e. The van der Waals surface area contributed by atoms with Crippen molar-refractivity contribution in [2.75, 3.05) is 20.3 Å². The van der Waals surface area contributed by atoms with E-state index in [-0.39, 0.29) is 12.5 Å². The van der Waals surface area contributed by atoms with Gasteiger partial charge in [-0.15, -0.1) is 0 Å². The van der Waals surface area contributed by atoms with Gasteiger partial charge in [0, 0.05) is 26.2 Å². The van der Waals surface area contributed by atoms with Crippen LogP contribution in [0.2, 0.25) is 0 Å². The van der Waals surface area contributed by atoms with Gasteiger partial charge in [-0.05, 0) is 18.4 Å². The first-order chi connectivity index (χ1) is 6.88. The third kappa shape index (κ3) is 3.48. The number of hydrogen-bond acceptors (Lipinski definition) is 2. The average Bonchev–Trinajstić information content (AvgIpc) is 2.26. The molecule has 0 aliphatic carbocycles. The van der Waals surface area contributed by atoms with Gasteiger partial charge in [-0.1, -0.05) is 30.3 Å². The highest BCUT2D eigenvalue weighted by Crippen LogP contribution is 2.20. The van der Waals surface area contributed by atoms with Crippen LogP contribution >= 0.6 is 0 Å². The molecule has 0 aromatic heterocycles. The second kappa shape index (κ2) is 6.57. The Morgan fingerprint density at radius 2 is 2.00 bits per heavy atom.